The van der Waals surface area contributed by atoms with E-state index < -0.39 is 0 Å². The molecule has 0 saturated heterocycles. The molecule has 0 spiro atoms. The summed E-state index contributed by atoms with van der Waals surface area (Å²) in [5, 5.41) is 1.53. The normalized spacial score (nSPS) is 10.5. The monoisotopic (exact) mass is 239 g/mol. The van der Waals surface area contributed by atoms with E-state index in [0.717, 1.165) is 16.5 Å². The van der Waals surface area contributed by atoms with Gasteiger partial charge in [-0.1, -0.05) is 29.4 Å². The number of imidazole rings is 1. The Morgan fingerprint density at radius 3 is 2.87 bits per heavy atom. The second-order valence-electron chi connectivity index (χ2n) is 3.10. The molecule has 2 heterocycles. The van der Waals surface area contributed by atoms with E-state index in [9.17, 15) is 0 Å². The molecule has 0 N–H and O–H groups in total. The third-order valence-corrected chi connectivity index (χ3v) is 3.29. The first-order valence-electron chi connectivity index (χ1n) is 4.46. The Morgan fingerprint density at radius 1 is 1.40 bits per heavy atom. The van der Waals surface area contributed by atoms with Gasteiger partial charge in [-0.05, 0) is 11.6 Å². The topological polar surface area (TPSA) is 30.7 Å². The van der Waals surface area contributed by atoms with Crippen LogP contribution in [0.5, 0.6) is 0 Å². The van der Waals surface area contributed by atoms with Crippen molar-refractivity contribution in [3.05, 3.63) is 41.4 Å². The molecule has 2 aromatic rings. The molecule has 0 aromatic carbocycles. The number of rotatable bonds is 3. The van der Waals surface area contributed by atoms with Gasteiger partial charge in [-0.2, -0.15) is 0 Å². The summed E-state index contributed by atoms with van der Waals surface area (Å²) in [6.45, 7) is 0. The summed E-state index contributed by atoms with van der Waals surface area (Å²) in [6.07, 6.45) is 5.52. The highest BCUT2D eigenvalue weighted by Crippen LogP contribution is 2.20. The molecule has 0 aliphatic carbocycles. The van der Waals surface area contributed by atoms with Crippen molar-refractivity contribution in [2.45, 2.75) is 10.9 Å². The molecule has 0 aliphatic heterocycles. The molecule has 0 atom stereocenters. The highest BCUT2D eigenvalue weighted by atomic mass is 35.5. The fourth-order valence-electron chi connectivity index (χ4n) is 1.13. The van der Waals surface area contributed by atoms with Crippen LogP contribution in [0.4, 0.5) is 0 Å². The van der Waals surface area contributed by atoms with Gasteiger partial charge in [0.25, 0.3) is 0 Å². The molecule has 78 valence electrons. The summed E-state index contributed by atoms with van der Waals surface area (Å²) in [5.41, 5.74) is 1.15. The Balaban J connectivity index is 1.99. The first kappa shape index (κ1) is 10.5. The number of hydrogen-bond acceptors (Lipinski definition) is 3. The van der Waals surface area contributed by atoms with Crippen LogP contribution in [-0.2, 0) is 12.8 Å². The number of hydrogen-bond donors (Lipinski definition) is 0. The van der Waals surface area contributed by atoms with Crippen molar-refractivity contribution < 1.29 is 0 Å². The Morgan fingerprint density at radius 2 is 2.27 bits per heavy atom. The zero-order valence-corrected chi connectivity index (χ0v) is 9.79. The van der Waals surface area contributed by atoms with Gasteiger partial charge < -0.3 is 4.57 Å². The molecule has 0 amide bonds. The molecule has 0 unspecified atom stereocenters. The number of nitrogens with zero attached hydrogens (tertiary/aromatic N) is 3. The van der Waals surface area contributed by atoms with Crippen LogP contribution in [0.25, 0.3) is 0 Å². The van der Waals surface area contributed by atoms with E-state index in [1.807, 2.05) is 23.9 Å². The number of aryl methyl sites for hydroxylation is 1. The third kappa shape index (κ3) is 2.73. The van der Waals surface area contributed by atoms with Crippen molar-refractivity contribution in [1.82, 2.24) is 14.5 Å². The van der Waals surface area contributed by atoms with E-state index in [1.54, 1.807) is 30.2 Å². The smallest absolute Gasteiger partial charge is 0.167 e. The first-order chi connectivity index (χ1) is 7.25. The molecule has 2 aromatic heterocycles. The first-order valence-corrected chi connectivity index (χ1v) is 5.82. The predicted molar refractivity (Wildman–Crippen MR) is 62.0 cm³/mol. The molecular formula is C10H10ClN3S. The van der Waals surface area contributed by atoms with E-state index in [0.29, 0.717) is 5.15 Å². The maximum Gasteiger partial charge on any atom is 0.167 e. The SMILES string of the molecule is Cn1ccnc1SCc1ccc(Cl)nc1. The second kappa shape index (κ2) is 4.68. The predicted octanol–water partition coefficient (Wildman–Crippen LogP) is 2.76. The molecule has 0 radical (unpaired) electrons. The minimum atomic E-state index is 0.528. The van der Waals surface area contributed by atoms with Crippen LogP contribution in [0.15, 0.2) is 35.9 Å². The fraction of sp³-hybridized carbons (Fsp3) is 0.200. The largest absolute Gasteiger partial charge is 0.329 e. The van der Waals surface area contributed by atoms with E-state index in [-0.39, 0.29) is 0 Å². The van der Waals surface area contributed by atoms with Gasteiger partial charge in [0.2, 0.25) is 0 Å². The Labute approximate surface area is 97.5 Å². The average molecular weight is 240 g/mol. The van der Waals surface area contributed by atoms with Gasteiger partial charge in [0.1, 0.15) is 5.15 Å². The molecule has 0 saturated carbocycles. The van der Waals surface area contributed by atoms with Crippen molar-refractivity contribution in [3.8, 4) is 0 Å². The van der Waals surface area contributed by atoms with Crippen molar-refractivity contribution in [2.75, 3.05) is 0 Å². The molecule has 0 aliphatic rings. The highest BCUT2D eigenvalue weighted by Gasteiger charge is 2.01. The lowest BCUT2D eigenvalue weighted by Crippen LogP contribution is -1.90. The fourth-order valence-corrected chi connectivity index (χ4v) is 2.11. The van der Waals surface area contributed by atoms with Gasteiger partial charge in [0.15, 0.2) is 5.16 Å². The van der Waals surface area contributed by atoms with Crippen LogP contribution in [-0.4, -0.2) is 14.5 Å². The lowest BCUT2D eigenvalue weighted by molar-refractivity contribution is 0.790. The zero-order chi connectivity index (χ0) is 10.7. The van der Waals surface area contributed by atoms with Gasteiger partial charge in [-0.3, -0.25) is 0 Å². The zero-order valence-electron chi connectivity index (χ0n) is 8.22. The van der Waals surface area contributed by atoms with Crippen LogP contribution >= 0.6 is 23.4 Å². The van der Waals surface area contributed by atoms with E-state index in [1.165, 1.54) is 0 Å². The summed E-state index contributed by atoms with van der Waals surface area (Å²) in [6, 6.07) is 3.78. The van der Waals surface area contributed by atoms with Crippen molar-refractivity contribution in [2.24, 2.45) is 7.05 Å². The molecule has 0 fully saturated rings. The highest BCUT2D eigenvalue weighted by molar-refractivity contribution is 7.98. The number of thioether (sulfide) groups is 1. The number of pyridine rings is 1. The second-order valence-corrected chi connectivity index (χ2v) is 4.43. The maximum absolute atomic E-state index is 5.70. The minimum absolute atomic E-state index is 0.528. The summed E-state index contributed by atoms with van der Waals surface area (Å²) in [5.74, 6) is 0.856. The Hall–Kier alpha value is -1.00. The minimum Gasteiger partial charge on any atom is -0.329 e. The molecule has 0 bridgehead atoms. The summed E-state index contributed by atoms with van der Waals surface area (Å²) in [7, 11) is 1.98. The van der Waals surface area contributed by atoms with Crippen molar-refractivity contribution >= 4 is 23.4 Å². The van der Waals surface area contributed by atoms with Crippen LogP contribution in [0, 0.1) is 0 Å². The summed E-state index contributed by atoms with van der Waals surface area (Å²) < 4.78 is 1.99. The average Bonchev–Trinajstić information content (AvgIpc) is 2.63. The van der Waals surface area contributed by atoms with E-state index in [2.05, 4.69) is 9.97 Å². The van der Waals surface area contributed by atoms with Gasteiger partial charge in [-0.25, -0.2) is 9.97 Å². The Kier molecular flexibility index (Phi) is 3.28. The lowest BCUT2D eigenvalue weighted by atomic mass is 10.3. The van der Waals surface area contributed by atoms with Crippen molar-refractivity contribution in [3.63, 3.8) is 0 Å². The molecule has 15 heavy (non-hydrogen) atoms. The van der Waals surface area contributed by atoms with Crippen LogP contribution < -0.4 is 0 Å². The van der Waals surface area contributed by atoms with Crippen molar-refractivity contribution in [1.29, 1.82) is 0 Å². The lowest BCUT2D eigenvalue weighted by Gasteiger charge is -2.01. The van der Waals surface area contributed by atoms with Crippen LogP contribution in [0.2, 0.25) is 5.15 Å². The third-order valence-electron chi connectivity index (χ3n) is 1.93. The summed E-state index contributed by atoms with van der Waals surface area (Å²) in [4.78, 5) is 8.25. The van der Waals surface area contributed by atoms with Crippen LogP contribution in [0.3, 0.4) is 0 Å². The summed E-state index contributed by atoms with van der Waals surface area (Å²) >= 11 is 7.38. The number of halogens is 1. The molecular weight excluding hydrogens is 230 g/mol. The standard InChI is InChI=1S/C10H10ClN3S/c1-14-5-4-12-10(14)15-7-8-2-3-9(11)13-6-8/h2-6H,7H2,1H3. The number of aromatic nitrogens is 3. The van der Waals surface area contributed by atoms with E-state index >= 15 is 0 Å². The molecule has 5 heteroatoms. The molecule has 2 rings (SSSR count). The Bertz CT molecular complexity index is 438. The van der Waals surface area contributed by atoms with Crippen LogP contribution in [0.1, 0.15) is 5.56 Å². The maximum atomic E-state index is 5.70. The van der Waals surface area contributed by atoms with Gasteiger partial charge in [0, 0.05) is 31.4 Å². The van der Waals surface area contributed by atoms with Gasteiger partial charge in [0.05, 0.1) is 0 Å². The molecule has 3 nitrogen and oxygen atoms in total. The van der Waals surface area contributed by atoms with E-state index in [4.69, 9.17) is 11.6 Å². The van der Waals surface area contributed by atoms with Gasteiger partial charge >= 0.3 is 0 Å². The van der Waals surface area contributed by atoms with Gasteiger partial charge in [-0.15, -0.1) is 0 Å². The quantitative estimate of drug-likeness (QED) is 0.610.